The van der Waals surface area contributed by atoms with Crippen LogP contribution in [0.3, 0.4) is 0 Å². The normalized spacial score (nSPS) is 22.7. The van der Waals surface area contributed by atoms with E-state index in [1.807, 2.05) is 45.7 Å². The summed E-state index contributed by atoms with van der Waals surface area (Å²) in [6, 6.07) is 2.10. The Kier molecular flexibility index (Phi) is 8.88. The van der Waals surface area contributed by atoms with Gasteiger partial charge in [0.15, 0.2) is 0 Å². The van der Waals surface area contributed by atoms with Crippen molar-refractivity contribution < 1.29 is 9.84 Å². The van der Waals surface area contributed by atoms with E-state index in [0.29, 0.717) is 5.25 Å². The first kappa shape index (κ1) is 21.2. The van der Waals surface area contributed by atoms with E-state index in [0.717, 1.165) is 28.9 Å². The third-order valence-corrected chi connectivity index (χ3v) is 6.01. The van der Waals surface area contributed by atoms with E-state index in [1.165, 1.54) is 25.7 Å². The average Bonchev–Trinajstić information content (AvgIpc) is 3.45. The predicted molar refractivity (Wildman–Crippen MR) is 109 cm³/mol. The zero-order chi connectivity index (χ0) is 18.9. The van der Waals surface area contributed by atoms with Gasteiger partial charge in [0.05, 0.1) is 18.1 Å². The first-order valence-electron chi connectivity index (χ1n) is 10.1. The highest BCUT2D eigenvalue weighted by Gasteiger charge is 2.27. The standard InChI is InChI=1S/C16H21N3O2S.2C2H6/c20-9-11-5-6-14(21-11)19-8-7-13-15(19)17-10-18-16(13)22-12-3-1-2-4-12;2*1-2/h7-8,10-12,14,20H,1-6,9H2;2*1-2H3. The minimum Gasteiger partial charge on any atom is -0.394 e. The van der Waals surface area contributed by atoms with Crippen molar-refractivity contribution in [2.75, 3.05) is 6.61 Å². The summed E-state index contributed by atoms with van der Waals surface area (Å²) in [7, 11) is 0. The number of nitrogens with zero attached hydrogens (tertiary/aromatic N) is 3. The van der Waals surface area contributed by atoms with Gasteiger partial charge in [-0.25, -0.2) is 9.97 Å². The molecule has 0 bridgehead atoms. The van der Waals surface area contributed by atoms with Gasteiger partial charge in [-0.15, -0.1) is 11.8 Å². The molecule has 26 heavy (non-hydrogen) atoms. The van der Waals surface area contributed by atoms with E-state index in [9.17, 15) is 5.11 Å². The number of hydrogen-bond acceptors (Lipinski definition) is 5. The number of hydrogen-bond donors (Lipinski definition) is 1. The third kappa shape index (κ3) is 4.78. The first-order chi connectivity index (χ1) is 12.8. The summed E-state index contributed by atoms with van der Waals surface area (Å²) in [4.78, 5) is 8.97. The number of rotatable bonds is 4. The van der Waals surface area contributed by atoms with Gasteiger partial charge in [0.25, 0.3) is 0 Å². The van der Waals surface area contributed by atoms with Crippen LogP contribution in [0.5, 0.6) is 0 Å². The van der Waals surface area contributed by atoms with Gasteiger partial charge in [-0.2, -0.15) is 0 Å². The van der Waals surface area contributed by atoms with Crippen LogP contribution in [0.4, 0.5) is 0 Å². The van der Waals surface area contributed by atoms with Crippen LogP contribution in [0.1, 0.15) is 72.4 Å². The lowest BCUT2D eigenvalue weighted by Crippen LogP contribution is -2.14. The van der Waals surface area contributed by atoms with Crippen molar-refractivity contribution in [3.05, 3.63) is 18.6 Å². The Morgan fingerprint density at radius 1 is 1.12 bits per heavy atom. The highest BCUT2D eigenvalue weighted by Crippen LogP contribution is 2.38. The highest BCUT2D eigenvalue weighted by atomic mass is 32.2. The van der Waals surface area contributed by atoms with E-state index in [1.54, 1.807) is 6.33 Å². The fourth-order valence-electron chi connectivity index (χ4n) is 3.46. The largest absolute Gasteiger partial charge is 0.394 e. The van der Waals surface area contributed by atoms with Crippen molar-refractivity contribution in [1.29, 1.82) is 0 Å². The number of fused-ring (bicyclic) bond motifs is 1. The topological polar surface area (TPSA) is 60.2 Å². The van der Waals surface area contributed by atoms with Gasteiger partial charge in [-0.3, -0.25) is 0 Å². The zero-order valence-electron chi connectivity index (χ0n) is 16.5. The summed E-state index contributed by atoms with van der Waals surface area (Å²) in [5.74, 6) is 0. The molecule has 2 unspecified atom stereocenters. The van der Waals surface area contributed by atoms with Gasteiger partial charge >= 0.3 is 0 Å². The monoisotopic (exact) mass is 379 g/mol. The van der Waals surface area contributed by atoms with Gasteiger partial charge in [0, 0.05) is 11.4 Å². The summed E-state index contributed by atoms with van der Waals surface area (Å²) in [5.41, 5.74) is 0.944. The number of aliphatic hydroxyl groups excluding tert-OH is 1. The lowest BCUT2D eigenvalue weighted by molar-refractivity contribution is -0.0204. The minimum atomic E-state index is -0.0448. The molecule has 0 amide bonds. The maximum Gasteiger partial charge on any atom is 0.146 e. The summed E-state index contributed by atoms with van der Waals surface area (Å²) < 4.78 is 7.97. The third-order valence-electron chi connectivity index (χ3n) is 4.65. The molecule has 0 radical (unpaired) electrons. The molecule has 5 nitrogen and oxygen atoms in total. The van der Waals surface area contributed by atoms with Crippen molar-refractivity contribution >= 4 is 22.8 Å². The smallest absolute Gasteiger partial charge is 0.146 e. The van der Waals surface area contributed by atoms with Gasteiger partial charge in [-0.05, 0) is 31.7 Å². The van der Waals surface area contributed by atoms with Crippen LogP contribution in [-0.2, 0) is 4.74 Å². The Morgan fingerprint density at radius 2 is 1.85 bits per heavy atom. The van der Waals surface area contributed by atoms with Crippen LogP contribution in [0.25, 0.3) is 11.0 Å². The molecule has 2 aliphatic rings. The van der Waals surface area contributed by atoms with Crippen molar-refractivity contribution in [1.82, 2.24) is 14.5 Å². The highest BCUT2D eigenvalue weighted by molar-refractivity contribution is 8.00. The van der Waals surface area contributed by atoms with Crippen LogP contribution >= 0.6 is 11.8 Å². The second-order valence-corrected chi connectivity index (χ2v) is 7.43. The summed E-state index contributed by atoms with van der Waals surface area (Å²) in [6.07, 6.45) is 10.7. The number of ether oxygens (including phenoxy) is 1. The van der Waals surface area contributed by atoms with Crippen molar-refractivity contribution in [2.24, 2.45) is 0 Å². The molecule has 146 valence electrons. The molecule has 1 saturated carbocycles. The lowest BCUT2D eigenvalue weighted by atomic mass is 10.2. The molecule has 0 spiro atoms. The fourth-order valence-corrected chi connectivity index (χ4v) is 4.74. The quantitative estimate of drug-likeness (QED) is 0.741. The predicted octanol–water partition coefficient (Wildman–Crippen LogP) is 5.19. The van der Waals surface area contributed by atoms with Gasteiger partial charge in [-0.1, -0.05) is 40.5 Å². The summed E-state index contributed by atoms with van der Waals surface area (Å²) >= 11 is 1.90. The van der Waals surface area contributed by atoms with Crippen LogP contribution in [0, 0.1) is 0 Å². The molecule has 3 heterocycles. The molecule has 1 aliphatic carbocycles. The number of aromatic nitrogens is 3. The number of aliphatic hydroxyl groups is 1. The second kappa shape index (κ2) is 10.9. The summed E-state index contributed by atoms with van der Waals surface area (Å²) in [6.45, 7) is 8.09. The van der Waals surface area contributed by atoms with Crippen molar-refractivity contribution in [3.63, 3.8) is 0 Å². The first-order valence-corrected chi connectivity index (χ1v) is 11.0. The molecule has 2 aromatic rings. The molecular formula is C20H33N3O2S. The fraction of sp³-hybridized carbons (Fsp3) is 0.700. The zero-order valence-corrected chi connectivity index (χ0v) is 17.3. The van der Waals surface area contributed by atoms with Crippen LogP contribution in [-0.4, -0.2) is 37.6 Å². The summed E-state index contributed by atoms with van der Waals surface area (Å²) in [5, 5.41) is 12.1. The average molecular weight is 380 g/mol. The van der Waals surface area contributed by atoms with Crippen molar-refractivity contribution in [3.8, 4) is 0 Å². The molecule has 1 aliphatic heterocycles. The molecule has 2 aromatic heterocycles. The SMILES string of the molecule is CC.CC.OCC1CCC(n2ccc3c(SC4CCCC4)ncnc32)O1. The molecule has 4 rings (SSSR count). The van der Waals surface area contributed by atoms with Crippen molar-refractivity contribution in [2.45, 2.75) is 88.8 Å². The van der Waals surface area contributed by atoms with E-state index in [-0.39, 0.29) is 18.9 Å². The molecular weight excluding hydrogens is 346 g/mol. The van der Waals surface area contributed by atoms with Crippen LogP contribution in [0.15, 0.2) is 23.6 Å². The van der Waals surface area contributed by atoms with E-state index in [2.05, 4.69) is 20.6 Å². The van der Waals surface area contributed by atoms with Gasteiger partial charge < -0.3 is 14.4 Å². The Morgan fingerprint density at radius 3 is 2.50 bits per heavy atom. The van der Waals surface area contributed by atoms with Gasteiger partial charge in [0.1, 0.15) is 23.2 Å². The van der Waals surface area contributed by atoms with Crippen LogP contribution in [0.2, 0.25) is 0 Å². The second-order valence-electron chi connectivity index (χ2n) is 6.14. The molecule has 2 atom stereocenters. The maximum atomic E-state index is 9.23. The lowest BCUT2D eigenvalue weighted by Gasteiger charge is -2.15. The molecule has 1 N–H and O–H groups in total. The van der Waals surface area contributed by atoms with E-state index in [4.69, 9.17) is 4.74 Å². The Bertz CT molecular complexity index is 656. The minimum absolute atomic E-state index is 0.0196. The van der Waals surface area contributed by atoms with Gasteiger partial charge in [0.2, 0.25) is 0 Å². The molecule has 0 aromatic carbocycles. The molecule has 6 heteroatoms. The molecule has 1 saturated heterocycles. The maximum absolute atomic E-state index is 9.23. The Labute approximate surface area is 161 Å². The van der Waals surface area contributed by atoms with E-state index >= 15 is 0 Å². The van der Waals surface area contributed by atoms with E-state index < -0.39 is 0 Å². The Hall–Kier alpha value is -1.11. The number of thioether (sulfide) groups is 1. The van der Waals surface area contributed by atoms with Crippen LogP contribution < -0.4 is 0 Å². The molecule has 2 fully saturated rings. The Balaban J connectivity index is 0.000000570.